The minimum atomic E-state index is -0.549. The molecule has 0 saturated heterocycles. The molecule has 0 atom stereocenters. The summed E-state index contributed by atoms with van der Waals surface area (Å²) in [6, 6.07) is 11.7. The van der Waals surface area contributed by atoms with Crippen LogP contribution in [0, 0.1) is 5.82 Å². The highest BCUT2D eigenvalue weighted by atomic mass is 79.9. The molecule has 0 aromatic heterocycles. The van der Waals surface area contributed by atoms with Crippen LogP contribution in [0.1, 0.15) is 10.4 Å². The Bertz CT molecular complexity index is 675. The van der Waals surface area contributed by atoms with Crippen molar-refractivity contribution < 1.29 is 9.18 Å². The molecule has 0 aliphatic rings. The molecule has 5 heteroatoms. The molecule has 0 bridgehead atoms. The lowest BCUT2D eigenvalue weighted by Gasteiger charge is -2.10. The third kappa shape index (κ3) is 4.19. The lowest BCUT2D eigenvalue weighted by molar-refractivity contribution is 0.102. The summed E-state index contributed by atoms with van der Waals surface area (Å²) in [4.78, 5) is 13.1. The number of thioether (sulfide) groups is 1. The maximum Gasteiger partial charge on any atom is 0.258 e. The van der Waals surface area contributed by atoms with E-state index in [2.05, 4.69) is 27.8 Å². The van der Waals surface area contributed by atoms with Crippen molar-refractivity contribution in [2.24, 2.45) is 0 Å². The molecule has 0 radical (unpaired) electrons. The Morgan fingerprint density at radius 2 is 2.10 bits per heavy atom. The molecule has 2 nitrogen and oxygen atoms in total. The minimum Gasteiger partial charge on any atom is -0.321 e. The fourth-order valence-electron chi connectivity index (χ4n) is 1.71. The number of para-hydroxylation sites is 1. The van der Waals surface area contributed by atoms with E-state index in [1.165, 1.54) is 12.1 Å². The molecule has 0 aliphatic heterocycles. The zero-order chi connectivity index (χ0) is 15.2. The number of carbonyl (C=O) groups excluding carboxylic acids is 1. The van der Waals surface area contributed by atoms with Crippen molar-refractivity contribution in [3.8, 4) is 0 Å². The van der Waals surface area contributed by atoms with Gasteiger partial charge in [0.1, 0.15) is 5.82 Å². The van der Waals surface area contributed by atoms with Crippen molar-refractivity contribution in [1.29, 1.82) is 0 Å². The molecule has 0 aliphatic carbocycles. The molecule has 2 aromatic rings. The average molecular weight is 366 g/mol. The Morgan fingerprint density at radius 1 is 1.33 bits per heavy atom. The fraction of sp³-hybridized carbons (Fsp3) is 0.0625. The third-order valence-corrected chi connectivity index (χ3v) is 4.23. The van der Waals surface area contributed by atoms with Crippen molar-refractivity contribution in [1.82, 2.24) is 0 Å². The van der Waals surface area contributed by atoms with Crippen LogP contribution in [0.3, 0.4) is 0 Å². The van der Waals surface area contributed by atoms with E-state index in [4.69, 9.17) is 0 Å². The minimum absolute atomic E-state index is 0.00731. The summed E-state index contributed by atoms with van der Waals surface area (Å²) >= 11 is 4.79. The van der Waals surface area contributed by atoms with E-state index in [-0.39, 0.29) is 5.56 Å². The summed E-state index contributed by atoms with van der Waals surface area (Å²) in [5.74, 6) is -0.287. The zero-order valence-electron chi connectivity index (χ0n) is 11.1. The van der Waals surface area contributed by atoms with Crippen molar-refractivity contribution in [2.75, 3.05) is 11.1 Å². The lowest BCUT2D eigenvalue weighted by atomic mass is 10.2. The number of benzene rings is 2. The first-order chi connectivity index (χ1) is 10.1. The molecular formula is C16H13BrFNOS. The van der Waals surface area contributed by atoms with Gasteiger partial charge in [-0.1, -0.05) is 34.1 Å². The molecule has 2 aromatic carbocycles. The van der Waals surface area contributed by atoms with Crippen molar-refractivity contribution >= 4 is 39.3 Å². The van der Waals surface area contributed by atoms with Crippen molar-refractivity contribution in [2.45, 2.75) is 4.90 Å². The van der Waals surface area contributed by atoms with Gasteiger partial charge in [0.2, 0.25) is 0 Å². The van der Waals surface area contributed by atoms with Gasteiger partial charge in [-0.05, 0) is 30.3 Å². The highest BCUT2D eigenvalue weighted by molar-refractivity contribution is 9.10. The van der Waals surface area contributed by atoms with Crippen LogP contribution in [0.2, 0.25) is 0 Å². The van der Waals surface area contributed by atoms with E-state index in [0.29, 0.717) is 10.2 Å². The first-order valence-electron chi connectivity index (χ1n) is 6.21. The van der Waals surface area contributed by atoms with Gasteiger partial charge in [0, 0.05) is 15.1 Å². The van der Waals surface area contributed by atoms with Gasteiger partial charge < -0.3 is 5.32 Å². The quantitative estimate of drug-likeness (QED) is 0.588. The van der Waals surface area contributed by atoms with Crippen molar-refractivity contribution in [3.05, 3.63) is 71.0 Å². The summed E-state index contributed by atoms with van der Waals surface area (Å²) < 4.78 is 14.4. The van der Waals surface area contributed by atoms with Crippen LogP contribution in [0.4, 0.5) is 10.1 Å². The van der Waals surface area contributed by atoms with Crippen LogP contribution in [-0.4, -0.2) is 11.7 Å². The highest BCUT2D eigenvalue weighted by Crippen LogP contribution is 2.27. The number of hydrogen-bond donors (Lipinski definition) is 1. The molecule has 0 fully saturated rings. The number of halogens is 2. The third-order valence-electron chi connectivity index (χ3n) is 2.66. The molecule has 108 valence electrons. The normalized spacial score (nSPS) is 10.2. The van der Waals surface area contributed by atoms with Crippen LogP contribution < -0.4 is 5.32 Å². The first-order valence-corrected chi connectivity index (χ1v) is 7.99. The van der Waals surface area contributed by atoms with Crippen LogP contribution in [0.25, 0.3) is 0 Å². The summed E-state index contributed by atoms with van der Waals surface area (Å²) in [6.45, 7) is 3.67. The van der Waals surface area contributed by atoms with Crippen LogP contribution in [0.5, 0.6) is 0 Å². The van der Waals surface area contributed by atoms with Gasteiger partial charge in [0.05, 0.1) is 11.3 Å². The summed E-state index contributed by atoms with van der Waals surface area (Å²) in [6.07, 6.45) is 1.79. The van der Waals surface area contributed by atoms with Gasteiger partial charge in [-0.3, -0.25) is 4.79 Å². The van der Waals surface area contributed by atoms with E-state index in [9.17, 15) is 9.18 Å². The Balaban J connectivity index is 2.23. The van der Waals surface area contributed by atoms with Gasteiger partial charge in [0.25, 0.3) is 5.91 Å². The van der Waals surface area contributed by atoms with Crippen LogP contribution in [-0.2, 0) is 0 Å². The molecular weight excluding hydrogens is 353 g/mol. The van der Waals surface area contributed by atoms with Gasteiger partial charge in [-0.15, -0.1) is 18.3 Å². The van der Waals surface area contributed by atoms with Gasteiger partial charge in [-0.2, -0.15) is 0 Å². The monoisotopic (exact) mass is 365 g/mol. The number of anilines is 1. The number of hydrogen-bond acceptors (Lipinski definition) is 2. The van der Waals surface area contributed by atoms with Gasteiger partial charge in [-0.25, -0.2) is 4.39 Å². The first kappa shape index (κ1) is 15.8. The van der Waals surface area contributed by atoms with E-state index in [0.717, 1.165) is 10.6 Å². The maximum absolute atomic E-state index is 13.7. The average Bonchev–Trinajstić information content (AvgIpc) is 2.48. The molecule has 0 unspecified atom stereocenters. The zero-order valence-corrected chi connectivity index (χ0v) is 13.5. The van der Waals surface area contributed by atoms with Crippen LogP contribution >= 0.6 is 27.7 Å². The molecule has 1 amide bonds. The van der Waals surface area contributed by atoms with Crippen molar-refractivity contribution in [3.63, 3.8) is 0 Å². The van der Waals surface area contributed by atoms with Crippen LogP contribution in [0.15, 0.2) is 64.5 Å². The second kappa shape index (κ2) is 7.43. The molecule has 1 N–H and O–H groups in total. The Morgan fingerprint density at radius 3 is 2.86 bits per heavy atom. The summed E-state index contributed by atoms with van der Waals surface area (Å²) in [5.41, 5.74) is 0.668. The van der Waals surface area contributed by atoms with E-state index >= 15 is 0 Å². The van der Waals surface area contributed by atoms with E-state index < -0.39 is 11.7 Å². The van der Waals surface area contributed by atoms with E-state index in [1.807, 2.05) is 18.2 Å². The predicted octanol–water partition coefficient (Wildman–Crippen LogP) is 5.12. The smallest absolute Gasteiger partial charge is 0.258 e. The molecule has 21 heavy (non-hydrogen) atoms. The fourth-order valence-corrected chi connectivity index (χ4v) is 2.81. The van der Waals surface area contributed by atoms with E-state index in [1.54, 1.807) is 30.0 Å². The second-order valence-corrected chi connectivity index (χ2v) is 6.15. The SMILES string of the molecule is C=CCSc1ccccc1NC(=O)c1cc(Br)ccc1F. The number of nitrogens with one attached hydrogen (secondary N) is 1. The summed E-state index contributed by atoms with van der Waals surface area (Å²) in [5, 5.41) is 2.75. The molecule has 2 rings (SSSR count). The predicted molar refractivity (Wildman–Crippen MR) is 89.4 cm³/mol. The highest BCUT2D eigenvalue weighted by Gasteiger charge is 2.14. The molecule has 0 spiro atoms. The molecule has 0 saturated carbocycles. The maximum atomic E-state index is 13.7. The Kier molecular flexibility index (Phi) is 5.59. The topological polar surface area (TPSA) is 29.1 Å². The number of amides is 1. The Labute approximate surface area is 135 Å². The number of rotatable bonds is 5. The number of carbonyl (C=O) groups is 1. The summed E-state index contributed by atoms with van der Waals surface area (Å²) in [7, 11) is 0. The molecule has 0 heterocycles. The standard InChI is InChI=1S/C16H13BrFNOS/c1-2-9-21-15-6-4-3-5-14(15)19-16(20)12-10-11(17)7-8-13(12)18/h2-8,10H,1,9H2,(H,19,20). The van der Waals surface area contributed by atoms with Gasteiger partial charge >= 0.3 is 0 Å². The second-order valence-electron chi connectivity index (χ2n) is 4.17. The largest absolute Gasteiger partial charge is 0.321 e. The van der Waals surface area contributed by atoms with Gasteiger partial charge in [0.15, 0.2) is 0 Å². The lowest BCUT2D eigenvalue weighted by Crippen LogP contribution is -2.14. The Hall–Kier alpha value is -1.59.